The van der Waals surface area contributed by atoms with E-state index in [1.807, 2.05) is 38.1 Å². The summed E-state index contributed by atoms with van der Waals surface area (Å²) < 4.78 is 0. The predicted octanol–water partition coefficient (Wildman–Crippen LogP) is 5.50. The molecular weight excluding hydrogens is 444 g/mol. The van der Waals surface area contributed by atoms with E-state index in [2.05, 4.69) is 12.2 Å². The summed E-state index contributed by atoms with van der Waals surface area (Å²) in [4.78, 5) is 37.5. The Morgan fingerprint density at radius 3 is 2.69 bits per heavy atom. The average molecular weight is 469 g/mol. The third-order valence-electron chi connectivity index (χ3n) is 5.68. The van der Waals surface area contributed by atoms with Crippen LogP contribution in [-0.4, -0.2) is 39.0 Å². The van der Waals surface area contributed by atoms with Crippen LogP contribution in [0, 0.1) is 5.92 Å². The van der Waals surface area contributed by atoms with Crippen LogP contribution in [0.3, 0.4) is 0 Å². The predicted molar refractivity (Wildman–Crippen MR) is 132 cm³/mol. The molecule has 0 unspecified atom stereocenters. The van der Waals surface area contributed by atoms with E-state index in [4.69, 9.17) is 21.6 Å². The number of benzene rings is 2. The zero-order valence-corrected chi connectivity index (χ0v) is 19.8. The Labute approximate surface area is 197 Å². The standard InChI is InChI=1S/C24H25ClN4O2S/c1-4-14(3)20-23(31)29-21(28-20)17-11-6-7-12-18(17)27-24(29)32-19(5-2)22(30)26-16-10-8-9-15(25)13-16/h6-14,19-20H,4-5H2,1-3H3,(H,26,30)/t14-,19-,20+/m0/s1. The lowest BCUT2D eigenvalue weighted by molar-refractivity contribution is -0.125. The number of rotatable bonds is 6. The molecule has 166 valence electrons. The molecule has 0 saturated heterocycles. The molecule has 0 radical (unpaired) electrons. The molecule has 0 aromatic heterocycles. The topological polar surface area (TPSA) is 74.1 Å². The fourth-order valence-electron chi connectivity index (χ4n) is 3.68. The van der Waals surface area contributed by atoms with Crippen LogP contribution < -0.4 is 5.32 Å². The van der Waals surface area contributed by atoms with Crippen LogP contribution in [0.5, 0.6) is 0 Å². The highest BCUT2D eigenvalue weighted by molar-refractivity contribution is 8.15. The van der Waals surface area contributed by atoms with Crippen molar-refractivity contribution in [3.8, 4) is 0 Å². The lowest BCUT2D eigenvalue weighted by Crippen LogP contribution is -2.43. The highest BCUT2D eigenvalue weighted by Crippen LogP contribution is 2.36. The summed E-state index contributed by atoms with van der Waals surface area (Å²) in [6, 6.07) is 14.3. The lowest BCUT2D eigenvalue weighted by Gasteiger charge is -2.27. The molecule has 0 saturated carbocycles. The lowest BCUT2D eigenvalue weighted by atomic mass is 10.00. The molecule has 2 aromatic carbocycles. The van der Waals surface area contributed by atoms with Crippen molar-refractivity contribution in [2.45, 2.75) is 44.9 Å². The number of fused-ring (bicyclic) bond motifs is 3. The van der Waals surface area contributed by atoms with Gasteiger partial charge in [0.2, 0.25) is 5.91 Å². The Bertz CT molecular complexity index is 1120. The molecule has 4 rings (SSSR count). The SMILES string of the molecule is CC[C@H](SC1=Nc2ccccc2C2=N[C@H]([C@@H](C)CC)C(=O)N12)C(=O)Nc1cccc(Cl)c1. The first-order chi connectivity index (χ1) is 15.4. The third-order valence-corrected chi connectivity index (χ3v) is 7.24. The fourth-order valence-corrected chi connectivity index (χ4v) is 4.89. The number of hydrogen-bond donors (Lipinski definition) is 1. The second-order valence-corrected chi connectivity index (χ2v) is 9.49. The quantitative estimate of drug-likeness (QED) is 0.608. The van der Waals surface area contributed by atoms with E-state index in [9.17, 15) is 9.59 Å². The number of aliphatic imine (C=N–C) groups is 2. The van der Waals surface area contributed by atoms with Gasteiger partial charge >= 0.3 is 0 Å². The maximum Gasteiger partial charge on any atom is 0.259 e. The van der Waals surface area contributed by atoms with Crippen molar-refractivity contribution in [2.24, 2.45) is 15.9 Å². The summed E-state index contributed by atoms with van der Waals surface area (Å²) in [7, 11) is 0. The minimum absolute atomic E-state index is 0.0831. The molecule has 3 atom stereocenters. The molecule has 0 aliphatic carbocycles. The van der Waals surface area contributed by atoms with Gasteiger partial charge in [-0.3, -0.25) is 14.6 Å². The number of hydrogen-bond acceptors (Lipinski definition) is 5. The van der Waals surface area contributed by atoms with Gasteiger partial charge in [-0.15, -0.1) is 0 Å². The van der Waals surface area contributed by atoms with E-state index in [1.54, 1.807) is 29.2 Å². The van der Waals surface area contributed by atoms with E-state index in [1.165, 1.54) is 11.8 Å². The molecule has 2 aliphatic rings. The molecule has 6 nitrogen and oxygen atoms in total. The Morgan fingerprint density at radius 2 is 1.97 bits per heavy atom. The number of amidine groups is 2. The highest BCUT2D eigenvalue weighted by atomic mass is 35.5. The van der Waals surface area contributed by atoms with Gasteiger partial charge in [0, 0.05) is 16.3 Å². The van der Waals surface area contributed by atoms with E-state index in [0.717, 1.165) is 17.7 Å². The minimum Gasteiger partial charge on any atom is -0.325 e. The first-order valence-electron chi connectivity index (χ1n) is 10.8. The molecular formula is C24H25ClN4O2S. The van der Waals surface area contributed by atoms with Crippen molar-refractivity contribution in [1.29, 1.82) is 0 Å². The van der Waals surface area contributed by atoms with Crippen LogP contribution in [0.4, 0.5) is 11.4 Å². The molecule has 32 heavy (non-hydrogen) atoms. The normalized spacial score (nSPS) is 18.9. The van der Waals surface area contributed by atoms with Crippen LogP contribution in [-0.2, 0) is 9.59 Å². The minimum atomic E-state index is -0.438. The number of anilines is 1. The maximum atomic E-state index is 13.3. The molecule has 8 heteroatoms. The first kappa shape index (κ1) is 22.6. The number of thioether (sulfide) groups is 1. The Kier molecular flexibility index (Phi) is 6.67. The number of para-hydroxylation sites is 1. The zero-order valence-electron chi connectivity index (χ0n) is 18.2. The number of nitrogens with zero attached hydrogens (tertiary/aromatic N) is 3. The first-order valence-corrected chi connectivity index (χ1v) is 12.0. The van der Waals surface area contributed by atoms with E-state index in [-0.39, 0.29) is 17.7 Å². The Balaban J connectivity index is 1.63. The fraction of sp³-hybridized carbons (Fsp3) is 0.333. The summed E-state index contributed by atoms with van der Waals surface area (Å²) in [5.41, 5.74) is 2.23. The Morgan fingerprint density at radius 1 is 1.19 bits per heavy atom. The number of nitrogens with one attached hydrogen (secondary N) is 1. The highest BCUT2D eigenvalue weighted by Gasteiger charge is 2.43. The second kappa shape index (κ2) is 9.46. The Hall–Kier alpha value is -2.64. The molecule has 2 aromatic rings. The summed E-state index contributed by atoms with van der Waals surface area (Å²) in [5, 5.41) is 3.53. The van der Waals surface area contributed by atoms with Crippen molar-refractivity contribution >= 4 is 57.6 Å². The van der Waals surface area contributed by atoms with Crippen LogP contribution >= 0.6 is 23.4 Å². The van der Waals surface area contributed by atoms with Gasteiger partial charge in [0.1, 0.15) is 11.9 Å². The van der Waals surface area contributed by atoms with E-state index >= 15 is 0 Å². The zero-order chi connectivity index (χ0) is 22.8. The van der Waals surface area contributed by atoms with Crippen molar-refractivity contribution in [3.05, 3.63) is 59.1 Å². The summed E-state index contributed by atoms with van der Waals surface area (Å²) >= 11 is 7.33. The van der Waals surface area contributed by atoms with Crippen molar-refractivity contribution in [3.63, 3.8) is 0 Å². The molecule has 2 aliphatic heterocycles. The summed E-state index contributed by atoms with van der Waals surface area (Å²) in [6.07, 6.45) is 1.42. The van der Waals surface area contributed by atoms with Gasteiger partial charge in [0.15, 0.2) is 5.17 Å². The van der Waals surface area contributed by atoms with E-state index in [0.29, 0.717) is 28.1 Å². The van der Waals surface area contributed by atoms with Gasteiger partial charge < -0.3 is 5.32 Å². The smallest absolute Gasteiger partial charge is 0.259 e. The van der Waals surface area contributed by atoms with Gasteiger partial charge in [-0.25, -0.2) is 9.89 Å². The average Bonchev–Trinajstić information content (AvgIpc) is 3.14. The number of carbonyl (C=O) groups excluding carboxylic acids is 2. The molecule has 0 fully saturated rings. The third kappa shape index (κ3) is 4.32. The molecule has 0 bridgehead atoms. The van der Waals surface area contributed by atoms with Gasteiger partial charge in [-0.1, -0.05) is 68.8 Å². The number of amides is 2. The number of halogens is 1. The maximum absolute atomic E-state index is 13.3. The van der Waals surface area contributed by atoms with Gasteiger partial charge in [0.05, 0.1) is 10.9 Å². The van der Waals surface area contributed by atoms with Crippen molar-refractivity contribution in [1.82, 2.24) is 4.90 Å². The van der Waals surface area contributed by atoms with Crippen LogP contribution in [0.2, 0.25) is 5.02 Å². The number of carbonyl (C=O) groups is 2. The molecule has 2 amide bonds. The summed E-state index contributed by atoms with van der Waals surface area (Å²) in [6.45, 7) is 6.03. The van der Waals surface area contributed by atoms with Crippen molar-refractivity contribution in [2.75, 3.05) is 5.32 Å². The van der Waals surface area contributed by atoms with E-state index < -0.39 is 11.3 Å². The second-order valence-electron chi connectivity index (χ2n) is 7.88. The summed E-state index contributed by atoms with van der Waals surface area (Å²) in [5.74, 6) is 0.496. The molecule has 0 spiro atoms. The molecule has 1 N–H and O–H groups in total. The van der Waals surface area contributed by atoms with Gasteiger partial charge in [-0.05, 0) is 42.7 Å². The molecule has 2 heterocycles. The van der Waals surface area contributed by atoms with Crippen LogP contribution in [0.1, 0.15) is 39.2 Å². The largest absolute Gasteiger partial charge is 0.325 e. The van der Waals surface area contributed by atoms with Crippen LogP contribution in [0.25, 0.3) is 0 Å². The van der Waals surface area contributed by atoms with Crippen molar-refractivity contribution < 1.29 is 9.59 Å². The monoisotopic (exact) mass is 468 g/mol. The van der Waals surface area contributed by atoms with Gasteiger partial charge in [-0.2, -0.15) is 0 Å². The van der Waals surface area contributed by atoms with Gasteiger partial charge in [0.25, 0.3) is 5.91 Å². The van der Waals surface area contributed by atoms with Crippen LogP contribution in [0.15, 0.2) is 58.5 Å².